The van der Waals surface area contributed by atoms with Crippen LogP contribution in [-0.2, 0) is 9.59 Å². The summed E-state index contributed by atoms with van der Waals surface area (Å²) in [6.45, 7) is 4.82. The maximum atomic E-state index is 12.5. The van der Waals surface area contributed by atoms with Gasteiger partial charge < -0.3 is 10.2 Å². The molecule has 1 saturated carbocycles. The third kappa shape index (κ3) is 4.08. The second-order valence-corrected chi connectivity index (χ2v) is 9.25. The first-order valence-corrected chi connectivity index (χ1v) is 10.4. The molecule has 1 saturated heterocycles. The molecular weight excluding hydrogens is 344 g/mol. The highest BCUT2D eigenvalue weighted by atomic mass is 32.2. The van der Waals surface area contributed by atoms with E-state index in [0.717, 1.165) is 23.6 Å². The first kappa shape index (κ1) is 17.7. The Balaban J connectivity index is 1.54. The smallest absolute Gasteiger partial charge is 0.231 e. The van der Waals surface area contributed by atoms with Crippen LogP contribution in [0, 0.1) is 5.92 Å². The van der Waals surface area contributed by atoms with Crippen LogP contribution in [0.4, 0.5) is 5.13 Å². The molecule has 1 aliphatic carbocycles. The van der Waals surface area contributed by atoms with Crippen LogP contribution in [-0.4, -0.2) is 44.7 Å². The first-order chi connectivity index (χ1) is 11.6. The van der Waals surface area contributed by atoms with E-state index in [4.69, 9.17) is 0 Å². The van der Waals surface area contributed by atoms with Crippen molar-refractivity contribution in [2.24, 2.45) is 5.92 Å². The summed E-state index contributed by atoms with van der Waals surface area (Å²) in [5, 5.41) is 12.0. The maximum absolute atomic E-state index is 12.5. The zero-order valence-electron chi connectivity index (χ0n) is 14.2. The Morgan fingerprint density at radius 3 is 2.88 bits per heavy atom. The molecule has 0 radical (unpaired) electrons. The summed E-state index contributed by atoms with van der Waals surface area (Å²) in [6.07, 6.45) is 5.90. The fourth-order valence-electron chi connectivity index (χ4n) is 3.25. The fourth-order valence-corrected chi connectivity index (χ4v) is 5.25. The number of amides is 2. The number of rotatable bonds is 6. The van der Waals surface area contributed by atoms with E-state index in [1.807, 2.05) is 4.90 Å². The van der Waals surface area contributed by atoms with Crippen molar-refractivity contribution < 1.29 is 9.59 Å². The minimum absolute atomic E-state index is 0.111. The molecule has 6 nitrogen and oxygen atoms in total. The summed E-state index contributed by atoms with van der Waals surface area (Å²) in [5.74, 6) is -0.264. The molecule has 24 heavy (non-hydrogen) atoms. The Labute approximate surface area is 150 Å². The number of aromatic nitrogens is 2. The van der Waals surface area contributed by atoms with Crippen molar-refractivity contribution in [3.63, 3.8) is 0 Å². The lowest BCUT2D eigenvalue weighted by Gasteiger charge is -2.23. The lowest BCUT2D eigenvalue weighted by atomic mass is 10.1. The van der Waals surface area contributed by atoms with E-state index in [1.165, 1.54) is 24.2 Å². The Hall–Kier alpha value is -1.15. The van der Waals surface area contributed by atoms with Gasteiger partial charge >= 0.3 is 0 Å². The highest BCUT2D eigenvalue weighted by Crippen LogP contribution is 2.32. The number of nitrogens with zero attached hydrogens (tertiary/aromatic N) is 3. The van der Waals surface area contributed by atoms with Gasteiger partial charge in [-0.25, -0.2) is 0 Å². The van der Waals surface area contributed by atoms with Crippen molar-refractivity contribution >= 4 is 40.0 Å². The minimum atomic E-state index is -0.271. The summed E-state index contributed by atoms with van der Waals surface area (Å²) in [4.78, 5) is 26.6. The summed E-state index contributed by atoms with van der Waals surface area (Å²) in [5.41, 5.74) is 0. The number of thioether (sulfide) groups is 1. The monoisotopic (exact) mass is 368 g/mol. The third-order valence-electron chi connectivity index (χ3n) is 4.81. The largest absolute Gasteiger partial charge is 0.339 e. The zero-order valence-corrected chi connectivity index (χ0v) is 15.8. The Morgan fingerprint density at radius 2 is 2.17 bits per heavy atom. The minimum Gasteiger partial charge on any atom is -0.339 e. The number of hydrogen-bond acceptors (Lipinski definition) is 6. The second kappa shape index (κ2) is 7.82. The highest BCUT2D eigenvalue weighted by Gasteiger charge is 2.38. The van der Waals surface area contributed by atoms with Gasteiger partial charge in [-0.15, -0.1) is 10.2 Å². The average molecular weight is 369 g/mol. The molecule has 1 aliphatic heterocycles. The van der Waals surface area contributed by atoms with Gasteiger partial charge in [-0.05, 0) is 19.3 Å². The van der Waals surface area contributed by atoms with E-state index >= 15 is 0 Å². The van der Waals surface area contributed by atoms with Gasteiger partial charge in [-0.2, -0.15) is 0 Å². The van der Waals surface area contributed by atoms with Crippen molar-refractivity contribution in [1.29, 1.82) is 0 Å². The second-order valence-electron chi connectivity index (χ2n) is 6.58. The van der Waals surface area contributed by atoms with Crippen molar-refractivity contribution in [3.05, 3.63) is 0 Å². The molecule has 0 bridgehead atoms. The summed E-state index contributed by atoms with van der Waals surface area (Å²) >= 11 is 3.07. The fraction of sp³-hybridized carbons (Fsp3) is 0.750. The molecule has 0 unspecified atom stereocenters. The molecule has 2 heterocycles. The van der Waals surface area contributed by atoms with Crippen molar-refractivity contribution in [1.82, 2.24) is 15.1 Å². The van der Waals surface area contributed by atoms with Gasteiger partial charge in [0.25, 0.3) is 0 Å². The van der Waals surface area contributed by atoms with E-state index in [0.29, 0.717) is 29.4 Å². The molecule has 1 N–H and O–H groups in total. The maximum Gasteiger partial charge on any atom is 0.231 e. The normalized spacial score (nSPS) is 23.0. The Kier molecular flexibility index (Phi) is 5.76. The molecule has 0 spiro atoms. The van der Waals surface area contributed by atoms with Crippen molar-refractivity contribution in [2.75, 3.05) is 11.9 Å². The summed E-state index contributed by atoms with van der Waals surface area (Å²) in [6, 6.07) is 0.343. The highest BCUT2D eigenvalue weighted by molar-refractivity contribution is 8.01. The molecular formula is C16H24N4O2S2. The van der Waals surface area contributed by atoms with Gasteiger partial charge in [-0.1, -0.05) is 49.8 Å². The molecule has 2 fully saturated rings. The van der Waals surface area contributed by atoms with E-state index in [9.17, 15) is 9.59 Å². The number of carbonyl (C=O) groups is 2. The molecule has 2 atom stereocenters. The third-order valence-corrected chi connectivity index (χ3v) is 7.00. The molecule has 3 rings (SSSR count). The van der Waals surface area contributed by atoms with Gasteiger partial charge in [0.1, 0.15) is 0 Å². The van der Waals surface area contributed by atoms with Crippen LogP contribution in [0.25, 0.3) is 0 Å². The molecule has 1 aromatic heterocycles. The summed E-state index contributed by atoms with van der Waals surface area (Å²) in [7, 11) is 0. The van der Waals surface area contributed by atoms with Crippen LogP contribution in [0.15, 0.2) is 4.34 Å². The van der Waals surface area contributed by atoms with Gasteiger partial charge in [-0.3, -0.25) is 9.59 Å². The van der Waals surface area contributed by atoms with Gasteiger partial charge in [0.2, 0.25) is 16.9 Å². The van der Waals surface area contributed by atoms with Gasteiger partial charge in [0.15, 0.2) is 4.34 Å². The van der Waals surface area contributed by atoms with Crippen LogP contribution in [0.3, 0.4) is 0 Å². The van der Waals surface area contributed by atoms with E-state index < -0.39 is 0 Å². The Bertz CT molecular complexity index is 601. The van der Waals surface area contributed by atoms with Gasteiger partial charge in [0.05, 0.1) is 5.92 Å². The first-order valence-electron chi connectivity index (χ1n) is 8.67. The molecule has 8 heteroatoms. The number of carbonyl (C=O) groups excluding carboxylic acids is 2. The molecule has 0 aromatic carbocycles. The predicted molar refractivity (Wildman–Crippen MR) is 96.2 cm³/mol. The van der Waals surface area contributed by atoms with E-state index in [2.05, 4.69) is 29.4 Å². The van der Waals surface area contributed by atoms with Crippen LogP contribution in [0.5, 0.6) is 0 Å². The lowest BCUT2D eigenvalue weighted by molar-refractivity contribution is -0.129. The lowest BCUT2D eigenvalue weighted by Crippen LogP contribution is -2.35. The zero-order chi connectivity index (χ0) is 17.1. The predicted octanol–water partition coefficient (Wildman–Crippen LogP) is 3.16. The van der Waals surface area contributed by atoms with Crippen LogP contribution < -0.4 is 5.32 Å². The molecule has 2 amide bonds. The number of nitrogens with one attached hydrogen (secondary N) is 1. The van der Waals surface area contributed by atoms with E-state index in [1.54, 1.807) is 11.8 Å². The number of likely N-dealkylation sites (tertiary alicyclic amines) is 1. The number of anilines is 1. The van der Waals surface area contributed by atoms with Crippen molar-refractivity contribution in [2.45, 2.75) is 68.0 Å². The standard InChI is InChI=1S/C16H24N4O2S2/c1-3-10(2)23-16-19-18-15(24-16)17-14(22)11-8-13(21)20(9-11)12-6-4-5-7-12/h10-12H,3-9H2,1-2H3,(H,17,18,22)/t10-,11-/m1/s1. The van der Waals surface area contributed by atoms with Crippen LogP contribution in [0.1, 0.15) is 52.4 Å². The van der Waals surface area contributed by atoms with Crippen LogP contribution in [0.2, 0.25) is 0 Å². The quantitative estimate of drug-likeness (QED) is 0.617. The van der Waals surface area contributed by atoms with Crippen LogP contribution >= 0.6 is 23.1 Å². The van der Waals surface area contributed by atoms with E-state index in [-0.39, 0.29) is 17.7 Å². The van der Waals surface area contributed by atoms with Gasteiger partial charge in [0, 0.05) is 24.3 Å². The SMILES string of the molecule is CC[C@@H](C)Sc1nnc(NC(=O)[C@@H]2CC(=O)N(C3CCCC3)C2)s1. The average Bonchev–Trinajstić information content (AvgIpc) is 3.28. The number of hydrogen-bond donors (Lipinski definition) is 1. The van der Waals surface area contributed by atoms with Crippen molar-refractivity contribution in [3.8, 4) is 0 Å². The molecule has 1 aromatic rings. The topological polar surface area (TPSA) is 75.2 Å². The molecule has 132 valence electrons. The molecule has 2 aliphatic rings. The Morgan fingerprint density at radius 1 is 1.42 bits per heavy atom. The summed E-state index contributed by atoms with van der Waals surface area (Å²) < 4.78 is 0.870.